The Morgan fingerprint density at radius 3 is 2.83 bits per heavy atom. The highest BCUT2D eigenvalue weighted by molar-refractivity contribution is 9.10. The van der Waals surface area contributed by atoms with Crippen LogP contribution in [-0.4, -0.2) is 26.4 Å². The number of halogens is 1. The zero-order valence-corrected chi connectivity index (χ0v) is 12.9. The van der Waals surface area contributed by atoms with Crippen LogP contribution in [0.25, 0.3) is 0 Å². The summed E-state index contributed by atoms with van der Waals surface area (Å²) >= 11 is 3.49. The molecule has 1 aromatic rings. The summed E-state index contributed by atoms with van der Waals surface area (Å²) in [5.74, 6) is 0.923. The van der Waals surface area contributed by atoms with Crippen LogP contribution in [0.3, 0.4) is 0 Å². The van der Waals surface area contributed by atoms with E-state index >= 15 is 0 Å². The van der Waals surface area contributed by atoms with Gasteiger partial charge in [-0.25, -0.2) is 0 Å². The third kappa shape index (κ3) is 5.38. The van der Waals surface area contributed by atoms with Gasteiger partial charge in [-0.3, -0.25) is 0 Å². The van der Waals surface area contributed by atoms with Gasteiger partial charge >= 0.3 is 0 Å². The second kappa shape index (κ2) is 8.51. The molecule has 1 N–H and O–H groups in total. The smallest absolute Gasteiger partial charge is 0.124 e. The molecule has 0 heterocycles. The standard InChI is InChI=1S/C14H22BrNO2/c1-4-7-16-9-12-8-13(15)5-6-14(12)18-11(2)10-17-3/h5-6,8,11,16H,4,7,9-10H2,1-3H3. The van der Waals surface area contributed by atoms with Gasteiger partial charge < -0.3 is 14.8 Å². The van der Waals surface area contributed by atoms with Crippen LogP contribution in [0.4, 0.5) is 0 Å². The van der Waals surface area contributed by atoms with Crippen LogP contribution in [0.2, 0.25) is 0 Å². The van der Waals surface area contributed by atoms with Crippen molar-refractivity contribution in [1.82, 2.24) is 5.32 Å². The lowest BCUT2D eigenvalue weighted by atomic mass is 10.2. The van der Waals surface area contributed by atoms with Crippen molar-refractivity contribution in [2.24, 2.45) is 0 Å². The Hall–Kier alpha value is -0.580. The minimum absolute atomic E-state index is 0.0566. The molecule has 3 nitrogen and oxygen atoms in total. The Labute approximate surface area is 118 Å². The lowest BCUT2D eigenvalue weighted by Crippen LogP contribution is -2.20. The molecule has 0 saturated carbocycles. The Balaban J connectivity index is 2.69. The van der Waals surface area contributed by atoms with E-state index in [9.17, 15) is 0 Å². The first-order valence-electron chi connectivity index (χ1n) is 6.32. The van der Waals surface area contributed by atoms with Crippen molar-refractivity contribution in [3.63, 3.8) is 0 Å². The second-order valence-electron chi connectivity index (χ2n) is 4.31. The first kappa shape index (κ1) is 15.5. The molecule has 1 aromatic carbocycles. The molecule has 0 fully saturated rings. The third-order valence-corrected chi connectivity index (χ3v) is 2.99. The normalized spacial score (nSPS) is 12.4. The summed E-state index contributed by atoms with van der Waals surface area (Å²) in [7, 11) is 1.69. The molecule has 18 heavy (non-hydrogen) atoms. The summed E-state index contributed by atoms with van der Waals surface area (Å²) < 4.78 is 12.0. The second-order valence-corrected chi connectivity index (χ2v) is 5.23. The van der Waals surface area contributed by atoms with Gasteiger partial charge in [0.05, 0.1) is 6.61 Å². The van der Waals surface area contributed by atoms with Crippen molar-refractivity contribution in [2.45, 2.75) is 32.9 Å². The monoisotopic (exact) mass is 315 g/mol. The van der Waals surface area contributed by atoms with E-state index in [0.29, 0.717) is 6.61 Å². The summed E-state index contributed by atoms with van der Waals surface area (Å²) in [6, 6.07) is 6.09. The number of rotatable bonds is 8. The van der Waals surface area contributed by atoms with Crippen LogP contribution in [-0.2, 0) is 11.3 Å². The number of benzene rings is 1. The van der Waals surface area contributed by atoms with Gasteiger partial charge in [0.2, 0.25) is 0 Å². The fourth-order valence-corrected chi connectivity index (χ4v) is 2.09. The van der Waals surface area contributed by atoms with E-state index < -0.39 is 0 Å². The van der Waals surface area contributed by atoms with Gasteiger partial charge in [0.25, 0.3) is 0 Å². The summed E-state index contributed by atoms with van der Waals surface area (Å²) in [6.45, 7) is 6.60. The molecule has 0 amide bonds. The third-order valence-electron chi connectivity index (χ3n) is 2.49. The van der Waals surface area contributed by atoms with Gasteiger partial charge in [0, 0.05) is 23.7 Å². The fourth-order valence-electron chi connectivity index (χ4n) is 1.69. The summed E-state index contributed by atoms with van der Waals surface area (Å²) in [4.78, 5) is 0. The van der Waals surface area contributed by atoms with Gasteiger partial charge in [0.1, 0.15) is 11.9 Å². The molecule has 1 unspecified atom stereocenters. The molecule has 0 bridgehead atoms. The molecule has 0 radical (unpaired) electrons. The van der Waals surface area contributed by atoms with Crippen LogP contribution in [0, 0.1) is 0 Å². The van der Waals surface area contributed by atoms with Crippen LogP contribution in [0.5, 0.6) is 5.75 Å². The number of ether oxygens (including phenoxy) is 2. The first-order chi connectivity index (χ1) is 8.67. The number of methoxy groups -OCH3 is 1. The molecule has 0 aliphatic heterocycles. The average Bonchev–Trinajstić information content (AvgIpc) is 2.33. The van der Waals surface area contributed by atoms with E-state index in [-0.39, 0.29) is 6.10 Å². The lowest BCUT2D eigenvalue weighted by molar-refractivity contribution is 0.0913. The average molecular weight is 316 g/mol. The number of nitrogens with one attached hydrogen (secondary N) is 1. The van der Waals surface area contributed by atoms with Crippen LogP contribution in [0.15, 0.2) is 22.7 Å². The van der Waals surface area contributed by atoms with Crippen molar-refractivity contribution in [3.05, 3.63) is 28.2 Å². The largest absolute Gasteiger partial charge is 0.488 e. The molecule has 0 aromatic heterocycles. The Bertz CT molecular complexity index is 358. The molecule has 1 atom stereocenters. The van der Waals surface area contributed by atoms with E-state index in [1.54, 1.807) is 7.11 Å². The zero-order chi connectivity index (χ0) is 13.4. The van der Waals surface area contributed by atoms with Crippen LogP contribution in [0.1, 0.15) is 25.8 Å². The quantitative estimate of drug-likeness (QED) is 0.746. The molecule has 1 rings (SSSR count). The van der Waals surface area contributed by atoms with Crippen molar-refractivity contribution in [3.8, 4) is 5.75 Å². The van der Waals surface area contributed by atoms with Crippen molar-refractivity contribution >= 4 is 15.9 Å². The maximum atomic E-state index is 5.89. The highest BCUT2D eigenvalue weighted by atomic mass is 79.9. The van der Waals surface area contributed by atoms with Crippen LogP contribution >= 0.6 is 15.9 Å². The maximum absolute atomic E-state index is 5.89. The Kier molecular flexibility index (Phi) is 7.32. The van der Waals surface area contributed by atoms with Crippen molar-refractivity contribution in [2.75, 3.05) is 20.3 Å². The summed E-state index contributed by atoms with van der Waals surface area (Å²) in [5.41, 5.74) is 1.17. The first-order valence-corrected chi connectivity index (χ1v) is 7.11. The van der Waals surface area contributed by atoms with Gasteiger partial charge in [-0.05, 0) is 38.1 Å². The van der Waals surface area contributed by atoms with Gasteiger partial charge in [-0.1, -0.05) is 22.9 Å². The molecule has 0 spiro atoms. The van der Waals surface area contributed by atoms with Crippen LogP contribution < -0.4 is 10.1 Å². The Morgan fingerprint density at radius 1 is 1.39 bits per heavy atom. The Morgan fingerprint density at radius 2 is 2.17 bits per heavy atom. The summed E-state index contributed by atoms with van der Waals surface area (Å²) in [6.07, 6.45) is 1.19. The van der Waals surface area contributed by atoms with Gasteiger partial charge in [-0.2, -0.15) is 0 Å². The molecular weight excluding hydrogens is 294 g/mol. The van der Waals surface area contributed by atoms with Crippen molar-refractivity contribution in [1.29, 1.82) is 0 Å². The number of hydrogen-bond acceptors (Lipinski definition) is 3. The van der Waals surface area contributed by atoms with E-state index in [1.165, 1.54) is 5.56 Å². The summed E-state index contributed by atoms with van der Waals surface area (Å²) in [5, 5.41) is 3.39. The number of hydrogen-bond donors (Lipinski definition) is 1. The maximum Gasteiger partial charge on any atom is 0.124 e. The van der Waals surface area contributed by atoms with Gasteiger partial charge in [0.15, 0.2) is 0 Å². The molecule has 4 heteroatoms. The van der Waals surface area contributed by atoms with Crippen molar-refractivity contribution < 1.29 is 9.47 Å². The zero-order valence-electron chi connectivity index (χ0n) is 11.3. The highest BCUT2D eigenvalue weighted by Crippen LogP contribution is 2.24. The topological polar surface area (TPSA) is 30.5 Å². The molecule has 0 aliphatic rings. The van der Waals surface area contributed by atoms with E-state index in [0.717, 1.165) is 29.7 Å². The fraction of sp³-hybridized carbons (Fsp3) is 0.571. The SMILES string of the molecule is CCCNCc1cc(Br)ccc1OC(C)COC. The molecule has 0 saturated heterocycles. The predicted molar refractivity (Wildman–Crippen MR) is 78.1 cm³/mol. The molecule has 0 aliphatic carbocycles. The molecular formula is C14H22BrNO2. The lowest BCUT2D eigenvalue weighted by Gasteiger charge is -2.17. The van der Waals surface area contributed by atoms with E-state index in [1.807, 2.05) is 19.1 Å². The minimum Gasteiger partial charge on any atom is -0.488 e. The van der Waals surface area contributed by atoms with E-state index in [2.05, 4.69) is 34.2 Å². The molecule has 102 valence electrons. The minimum atomic E-state index is 0.0566. The van der Waals surface area contributed by atoms with E-state index in [4.69, 9.17) is 9.47 Å². The highest BCUT2D eigenvalue weighted by Gasteiger charge is 2.08. The van der Waals surface area contributed by atoms with Gasteiger partial charge in [-0.15, -0.1) is 0 Å². The predicted octanol–water partition coefficient (Wildman–Crippen LogP) is 3.36.